The summed E-state index contributed by atoms with van der Waals surface area (Å²) < 4.78 is 84.1. The maximum atomic E-state index is 13.3. The maximum absolute atomic E-state index is 13.3. The molecule has 25 heavy (non-hydrogen) atoms. The summed E-state index contributed by atoms with van der Waals surface area (Å²) in [6, 6.07) is 0.869. The first kappa shape index (κ1) is 18.2. The van der Waals surface area contributed by atoms with Gasteiger partial charge in [-0.25, -0.2) is 0 Å². The highest BCUT2D eigenvalue weighted by molar-refractivity contribution is 6.01. The third-order valence-electron chi connectivity index (χ3n) is 4.84. The molecule has 0 unspecified atom stereocenters. The fourth-order valence-electron chi connectivity index (χ4n) is 3.39. The summed E-state index contributed by atoms with van der Waals surface area (Å²) in [5, 5.41) is 3.08. The van der Waals surface area contributed by atoms with E-state index >= 15 is 0 Å². The van der Waals surface area contributed by atoms with Gasteiger partial charge in [-0.2, -0.15) is 26.3 Å². The quantitative estimate of drug-likeness (QED) is 0.799. The molecule has 138 valence electrons. The van der Waals surface area contributed by atoms with E-state index < -0.39 is 29.0 Å². The molecule has 0 atom stereocenters. The normalized spacial score (nSPS) is 20.4. The second kappa shape index (κ2) is 5.98. The van der Waals surface area contributed by atoms with Gasteiger partial charge in [0.25, 0.3) is 0 Å². The Labute approximate surface area is 140 Å². The molecule has 0 amide bonds. The first-order valence-corrected chi connectivity index (χ1v) is 7.73. The Morgan fingerprint density at radius 1 is 1.04 bits per heavy atom. The van der Waals surface area contributed by atoms with Gasteiger partial charge >= 0.3 is 12.4 Å². The van der Waals surface area contributed by atoms with Crippen LogP contribution < -0.4 is 5.32 Å². The van der Waals surface area contributed by atoms with Crippen molar-refractivity contribution in [3.63, 3.8) is 0 Å². The molecule has 0 radical (unpaired) electrons. The van der Waals surface area contributed by atoms with Gasteiger partial charge in [0.1, 0.15) is 0 Å². The Hall–Kier alpha value is -1.61. The highest BCUT2D eigenvalue weighted by atomic mass is 19.4. The predicted octanol–water partition coefficient (Wildman–Crippen LogP) is 4.12. The summed E-state index contributed by atoms with van der Waals surface area (Å²) in [5.41, 5.74) is -3.28. The lowest BCUT2D eigenvalue weighted by Gasteiger charge is -2.37. The van der Waals surface area contributed by atoms with Crippen LogP contribution in [0.5, 0.6) is 0 Å². The monoisotopic (exact) mass is 366 g/mol. The number of aliphatic imine (C=N–C) groups is 1. The van der Waals surface area contributed by atoms with Crippen molar-refractivity contribution in [3.05, 3.63) is 28.8 Å². The van der Waals surface area contributed by atoms with Gasteiger partial charge in [-0.15, -0.1) is 0 Å². The Bertz CT molecular complexity index is 702. The van der Waals surface area contributed by atoms with E-state index in [1.54, 1.807) is 7.05 Å². The highest BCUT2D eigenvalue weighted by Gasteiger charge is 2.44. The van der Waals surface area contributed by atoms with Gasteiger partial charge in [-0.3, -0.25) is 4.99 Å². The lowest BCUT2D eigenvalue weighted by molar-refractivity contribution is -0.143. The van der Waals surface area contributed by atoms with Crippen LogP contribution in [0.2, 0.25) is 0 Å². The summed E-state index contributed by atoms with van der Waals surface area (Å²) in [4.78, 5) is 4.17. The summed E-state index contributed by atoms with van der Waals surface area (Å²) >= 11 is 0. The van der Waals surface area contributed by atoms with E-state index in [4.69, 9.17) is 4.74 Å². The van der Waals surface area contributed by atoms with Crippen LogP contribution in [-0.2, 0) is 23.5 Å². The average molecular weight is 366 g/mol. The van der Waals surface area contributed by atoms with Crippen molar-refractivity contribution in [3.8, 4) is 0 Å². The zero-order chi connectivity index (χ0) is 18.5. The molecule has 1 aromatic carbocycles. The molecule has 1 saturated heterocycles. The van der Waals surface area contributed by atoms with Crippen LogP contribution in [0.1, 0.15) is 29.5 Å². The van der Waals surface area contributed by atoms with Gasteiger partial charge < -0.3 is 10.1 Å². The number of nitrogens with one attached hydrogen (secondary N) is 1. The van der Waals surface area contributed by atoms with Gasteiger partial charge in [0.2, 0.25) is 0 Å². The zero-order valence-electron chi connectivity index (χ0n) is 13.3. The van der Waals surface area contributed by atoms with Crippen molar-refractivity contribution < 1.29 is 31.1 Å². The van der Waals surface area contributed by atoms with Gasteiger partial charge in [-0.1, -0.05) is 0 Å². The van der Waals surface area contributed by atoms with Crippen molar-refractivity contribution >= 4 is 11.4 Å². The summed E-state index contributed by atoms with van der Waals surface area (Å²) in [6.45, 7) is 0.826. The minimum Gasteiger partial charge on any atom is -0.381 e. The molecule has 1 fully saturated rings. The van der Waals surface area contributed by atoms with Crippen molar-refractivity contribution in [2.45, 2.75) is 37.2 Å². The summed E-state index contributed by atoms with van der Waals surface area (Å²) in [5.74, 6) is 0. The molecule has 9 heteroatoms. The standard InChI is InChI=1S/C16H16F6N2O/c1-23-14(2-4-25-5-3-14)13-8-10-11(16(20,21)22)6-9(15(17,18)19)7-12(10)24-13/h6-7,23H,2-5,8H2,1H3. The van der Waals surface area contributed by atoms with Crippen molar-refractivity contribution in [1.29, 1.82) is 0 Å². The maximum Gasteiger partial charge on any atom is 0.416 e. The van der Waals surface area contributed by atoms with Crippen molar-refractivity contribution in [2.24, 2.45) is 4.99 Å². The fourth-order valence-corrected chi connectivity index (χ4v) is 3.39. The number of alkyl halides is 6. The minimum absolute atomic E-state index is 0.122. The molecular formula is C16H16F6N2O. The Kier molecular flexibility index (Phi) is 4.35. The number of hydrogen-bond acceptors (Lipinski definition) is 3. The van der Waals surface area contributed by atoms with E-state index in [1.165, 1.54) is 0 Å². The van der Waals surface area contributed by atoms with Crippen LogP contribution in [0.15, 0.2) is 17.1 Å². The van der Waals surface area contributed by atoms with Crippen LogP contribution in [0.25, 0.3) is 0 Å². The van der Waals surface area contributed by atoms with Crippen LogP contribution in [0.4, 0.5) is 32.0 Å². The van der Waals surface area contributed by atoms with Crippen molar-refractivity contribution in [1.82, 2.24) is 5.32 Å². The molecule has 0 saturated carbocycles. The predicted molar refractivity (Wildman–Crippen MR) is 79.1 cm³/mol. The molecule has 3 rings (SSSR count). The fraction of sp³-hybridized carbons (Fsp3) is 0.562. The van der Waals surface area contributed by atoms with Gasteiger partial charge in [0.05, 0.1) is 22.4 Å². The molecule has 1 N–H and O–H groups in total. The number of halogens is 6. The van der Waals surface area contributed by atoms with Crippen LogP contribution in [0, 0.1) is 0 Å². The molecule has 1 aromatic rings. The molecule has 3 nitrogen and oxygen atoms in total. The lowest BCUT2D eigenvalue weighted by atomic mass is 9.82. The Morgan fingerprint density at radius 2 is 1.68 bits per heavy atom. The Balaban J connectivity index is 2.09. The van der Waals surface area contributed by atoms with E-state index in [2.05, 4.69) is 10.3 Å². The number of ether oxygens (including phenoxy) is 1. The second-order valence-corrected chi connectivity index (χ2v) is 6.20. The van der Waals surface area contributed by atoms with Crippen LogP contribution in [0.3, 0.4) is 0 Å². The number of hydrogen-bond donors (Lipinski definition) is 1. The van der Waals surface area contributed by atoms with Crippen molar-refractivity contribution in [2.75, 3.05) is 20.3 Å². The number of nitrogens with zero attached hydrogens (tertiary/aromatic N) is 1. The number of rotatable bonds is 2. The molecule has 0 aromatic heterocycles. The molecule has 2 heterocycles. The van der Waals surface area contributed by atoms with E-state index in [-0.39, 0.29) is 23.7 Å². The topological polar surface area (TPSA) is 33.6 Å². The first-order valence-electron chi connectivity index (χ1n) is 7.73. The smallest absolute Gasteiger partial charge is 0.381 e. The SMILES string of the molecule is CNC1(C2=Nc3cc(C(F)(F)F)cc(C(F)(F)F)c3C2)CCOCC1. The van der Waals surface area contributed by atoms with E-state index in [0.717, 1.165) is 0 Å². The highest BCUT2D eigenvalue weighted by Crippen LogP contribution is 2.45. The summed E-state index contributed by atoms with van der Waals surface area (Å²) in [6.07, 6.45) is -8.86. The van der Waals surface area contributed by atoms with E-state index in [9.17, 15) is 26.3 Å². The van der Waals surface area contributed by atoms with Crippen LogP contribution in [-0.4, -0.2) is 31.5 Å². The molecule has 2 aliphatic heterocycles. The molecule has 2 aliphatic rings. The Morgan fingerprint density at radius 3 is 2.20 bits per heavy atom. The van der Waals surface area contributed by atoms with Crippen LogP contribution >= 0.6 is 0 Å². The molecular weight excluding hydrogens is 350 g/mol. The lowest BCUT2D eigenvalue weighted by Crippen LogP contribution is -2.54. The van der Waals surface area contributed by atoms with Gasteiger partial charge in [0.15, 0.2) is 0 Å². The first-order chi connectivity index (χ1) is 11.6. The van der Waals surface area contributed by atoms with E-state index in [0.29, 0.717) is 37.8 Å². The minimum atomic E-state index is -4.88. The average Bonchev–Trinajstić information content (AvgIpc) is 2.97. The summed E-state index contributed by atoms with van der Waals surface area (Å²) in [7, 11) is 1.67. The molecule has 0 spiro atoms. The molecule has 0 aliphatic carbocycles. The number of benzene rings is 1. The zero-order valence-corrected chi connectivity index (χ0v) is 13.3. The largest absolute Gasteiger partial charge is 0.416 e. The third kappa shape index (κ3) is 3.27. The number of fused-ring (bicyclic) bond motifs is 1. The second-order valence-electron chi connectivity index (χ2n) is 6.20. The third-order valence-corrected chi connectivity index (χ3v) is 4.84. The van der Waals surface area contributed by atoms with Gasteiger partial charge in [0, 0.05) is 25.3 Å². The molecule has 0 bridgehead atoms. The van der Waals surface area contributed by atoms with Gasteiger partial charge in [-0.05, 0) is 37.6 Å². The van der Waals surface area contributed by atoms with E-state index in [1.807, 2.05) is 0 Å².